The molecule has 2 rings (SSSR count). The van der Waals surface area contributed by atoms with Crippen LogP contribution in [0.25, 0.3) is 0 Å². The van der Waals surface area contributed by atoms with Gasteiger partial charge in [-0.15, -0.1) is 0 Å². The molecule has 0 aliphatic rings. The molecule has 5 nitrogen and oxygen atoms in total. The normalized spacial score (nSPS) is 10.4. The average Bonchev–Trinajstić information content (AvgIpc) is 2.84. The second-order valence-electron chi connectivity index (χ2n) is 3.86. The number of imidazole rings is 1. The molecule has 0 saturated carbocycles. The number of ether oxygens (including phenoxy) is 1. The first-order valence-corrected chi connectivity index (χ1v) is 6.56. The Balaban J connectivity index is 2.18. The molecular formula is C13H13BrN2O3. The number of rotatable bonds is 5. The summed E-state index contributed by atoms with van der Waals surface area (Å²) in [5, 5.41) is 9.13. The molecular weight excluding hydrogens is 312 g/mol. The van der Waals surface area contributed by atoms with Crippen LogP contribution in [0.2, 0.25) is 0 Å². The summed E-state index contributed by atoms with van der Waals surface area (Å²) in [7, 11) is 0. The van der Waals surface area contributed by atoms with E-state index >= 15 is 0 Å². The zero-order valence-corrected chi connectivity index (χ0v) is 11.9. The van der Waals surface area contributed by atoms with Gasteiger partial charge in [-0.3, -0.25) is 0 Å². The average molecular weight is 325 g/mol. The number of aromatic carboxylic acids is 1. The van der Waals surface area contributed by atoms with Crippen LogP contribution < -0.4 is 4.74 Å². The van der Waals surface area contributed by atoms with E-state index in [2.05, 4.69) is 20.9 Å². The van der Waals surface area contributed by atoms with Crippen LogP contribution in [0.15, 0.2) is 35.1 Å². The molecule has 1 aromatic carbocycles. The number of nitrogens with zero attached hydrogens (tertiary/aromatic N) is 2. The van der Waals surface area contributed by atoms with Crippen molar-refractivity contribution in [3.63, 3.8) is 0 Å². The van der Waals surface area contributed by atoms with Crippen LogP contribution in [0, 0.1) is 0 Å². The Morgan fingerprint density at radius 3 is 3.00 bits per heavy atom. The minimum atomic E-state index is -1.02. The van der Waals surface area contributed by atoms with E-state index in [9.17, 15) is 4.79 Å². The molecule has 0 atom stereocenters. The molecule has 6 heteroatoms. The largest absolute Gasteiger partial charge is 0.485 e. The molecule has 0 aliphatic heterocycles. The highest BCUT2D eigenvalue weighted by atomic mass is 79.9. The van der Waals surface area contributed by atoms with Crippen molar-refractivity contribution in [2.45, 2.75) is 20.1 Å². The van der Waals surface area contributed by atoms with Gasteiger partial charge >= 0.3 is 5.97 Å². The maximum absolute atomic E-state index is 11.1. The number of halogens is 1. The van der Waals surface area contributed by atoms with Gasteiger partial charge in [0.25, 0.3) is 0 Å². The highest BCUT2D eigenvalue weighted by Crippen LogP contribution is 2.24. The number of hydrogen-bond acceptors (Lipinski definition) is 3. The molecule has 0 unspecified atom stereocenters. The second kappa shape index (κ2) is 5.88. The fraction of sp³-hybridized carbons (Fsp3) is 0.231. The smallest absolute Gasteiger partial charge is 0.339 e. The molecule has 1 N–H and O–H groups in total. The second-order valence-corrected chi connectivity index (χ2v) is 4.78. The van der Waals surface area contributed by atoms with Crippen molar-refractivity contribution >= 4 is 21.9 Å². The zero-order chi connectivity index (χ0) is 13.8. The Kier molecular flexibility index (Phi) is 4.21. The minimum absolute atomic E-state index is 0.129. The summed E-state index contributed by atoms with van der Waals surface area (Å²) in [5.74, 6) is 0.0817. The van der Waals surface area contributed by atoms with Gasteiger partial charge in [0.1, 0.15) is 23.7 Å². The number of hydrogen-bond donors (Lipinski definition) is 1. The van der Waals surface area contributed by atoms with Crippen LogP contribution in [0.1, 0.15) is 23.1 Å². The molecule has 0 bridgehead atoms. The fourth-order valence-corrected chi connectivity index (χ4v) is 2.07. The van der Waals surface area contributed by atoms with Crippen molar-refractivity contribution in [1.82, 2.24) is 9.55 Å². The highest BCUT2D eigenvalue weighted by molar-refractivity contribution is 9.10. The third-order valence-corrected chi connectivity index (χ3v) is 3.16. The Labute approximate surface area is 119 Å². The Morgan fingerprint density at radius 2 is 2.32 bits per heavy atom. The molecule has 0 aliphatic carbocycles. The van der Waals surface area contributed by atoms with Crippen molar-refractivity contribution in [3.05, 3.63) is 46.5 Å². The van der Waals surface area contributed by atoms with E-state index in [-0.39, 0.29) is 12.2 Å². The first kappa shape index (κ1) is 13.6. The number of carboxylic acid groups (broad SMARTS) is 1. The van der Waals surface area contributed by atoms with Gasteiger partial charge in [0.15, 0.2) is 0 Å². The molecule has 100 valence electrons. The predicted molar refractivity (Wildman–Crippen MR) is 73.3 cm³/mol. The monoisotopic (exact) mass is 324 g/mol. The SMILES string of the molecule is CCn1ccnc1COc1ccc(Br)cc1C(=O)O. The summed E-state index contributed by atoms with van der Waals surface area (Å²) in [6, 6.07) is 4.89. The maximum atomic E-state index is 11.1. The maximum Gasteiger partial charge on any atom is 0.339 e. The minimum Gasteiger partial charge on any atom is -0.485 e. The quantitative estimate of drug-likeness (QED) is 0.918. The van der Waals surface area contributed by atoms with Gasteiger partial charge in [-0.1, -0.05) is 15.9 Å². The summed E-state index contributed by atoms with van der Waals surface area (Å²) in [4.78, 5) is 15.3. The van der Waals surface area contributed by atoms with Gasteiger partial charge in [0.05, 0.1) is 0 Å². The van der Waals surface area contributed by atoms with Crippen LogP contribution in [0.5, 0.6) is 5.75 Å². The number of carboxylic acids is 1. The first-order valence-electron chi connectivity index (χ1n) is 5.77. The van der Waals surface area contributed by atoms with Crippen molar-refractivity contribution in [1.29, 1.82) is 0 Å². The lowest BCUT2D eigenvalue weighted by atomic mass is 10.2. The molecule has 0 radical (unpaired) electrons. The lowest BCUT2D eigenvalue weighted by Gasteiger charge is -2.10. The van der Waals surface area contributed by atoms with Gasteiger partial charge < -0.3 is 14.4 Å². The Hall–Kier alpha value is -1.82. The molecule has 1 heterocycles. The van der Waals surface area contributed by atoms with Gasteiger partial charge in [-0.2, -0.15) is 0 Å². The topological polar surface area (TPSA) is 64.4 Å². The van der Waals surface area contributed by atoms with Crippen LogP contribution in [0.3, 0.4) is 0 Å². The number of benzene rings is 1. The lowest BCUT2D eigenvalue weighted by molar-refractivity contribution is 0.0691. The summed E-state index contributed by atoms with van der Waals surface area (Å²) in [5.41, 5.74) is 0.129. The van der Waals surface area contributed by atoms with Gasteiger partial charge in [-0.05, 0) is 25.1 Å². The van der Waals surface area contributed by atoms with E-state index < -0.39 is 5.97 Å². The summed E-state index contributed by atoms with van der Waals surface area (Å²) < 4.78 is 8.20. The summed E-state index contributed by atoms with van der Waals surface area (Å²) in [6.07, 6.45) is 3.56. The zero-order valence-electron chi connectivity index (χ0n) is 10.3. The predicted octanol–water partition coefficient (Wildman–Crippen LogP) is 2.94. The number of aromatic nitrogens is 2. The van der Waals surface area contributed by atoms with E-state index in [1.54, 1.807) is 18.3 Å². The molecule has 19 heavy (non-hydrogen) atoms. The molecule has 2 aromatic rings. The molecule has 1 aromatic heterocycles. The Bertz CT molecular complexity index is 595. The van der Waals surface area contributed by atoms with Crippen LogP contribution >= 0.6 is 15.9 Å². The molecule has 0 amide bonds. The lowest BCUT2D eigenvalue weighted by Crippen LogP contribution is -2.08. The van der Waals surface area contributed by atoms with Gasteiger partial charge in [0, 0.05) is 23.4 Å². The first-order chi connectivity index (χ1) is 9.11. The van der Waals surface area contributed by atoms with Crippen molar-refractivity contribution < 1.29 is 14.6 Å². The van der Waals surface area contributed by atoms with Crippen molar-refractivity contribution in [2.75, 3.05) is 0 Å². The summed E-state index contributed by atoms with van der Waals surface area (Å²) >= 11 is 3.24. The van der Waals surface area contributed by atoms with Crippen LogP contribution in [0.4, 0.5) is 0 Å². The fourth-order valence-electron chi connectivity index (χ4n) is 1.71. The number of aryl methyl sites for hydroxylation is 1. The van der Waals surface area contributed by atoms with Gasteiger partial charge in [-0.25, -0.2) is 9.78 Å². The molecule has 0 saturated heterocycles. The number of carbonyl (C=O) groups is 1. The summed E-state index contributed by atoms with van der Waals surface area (Å²) in [6.45, 7) is 3.04. The highest BCUT2D eigenvalue weighted by Gasteiger charge is 2.12. The third kappa shape index (κ3) is 3.14. The van der Waals surface area contributed by atoms with E-state index in [1.807, 2.05) is 17.7 Å². The van der Waals surface area contributed by atoms with Crippen LogP contribution in [-0.4, -0.2) is 20.6 Å². The van der Waals surface area contributed by atoms with E-state index in [4.69, 9.17) is 9.84 Å². The van der Waals surface area contributed by atoms with Gasteiger partial charge in [0.2, 0.25) is 0 Å². The van der Waals surface area contributed by atoms with Crippen molar-refractivity contribution in [2.24, 2.45) is 0 Å². The van der Waals surface area contributed by atoms with E-state index in [1.165, 1.54) is 6.07 Å². The van der Waals surface area contributed by atoms with Crippen LogP contribution in [-0.2, 0) is 13.2 Å². The van der Waals surface area contributed by atoms with E-state index in [0.29, 0.717) is 10.2 Å². The Morgan fingerprint density at radius 1 is 1.53 bits per heavy atom. The standard InChI is InChI=1S/C13H13BrN2O3/c1-2-16-6-5-15-12(16)8-19-11-4-3-9(14)7-10(11)13(17)18/h3-7H,2,8H2,1H3,(H,17,18). The van der Waals surface area contributed by atoms with E-state index in [0.717, 1.165) is 12.4 Å². The van der Waals surface area contributed by atoms with Crippen molar-refractivity contribution in [3.8, 4) is 5.75 Å². The molecule has 0 spiro atoms. The molecule has 0 fully saturated rings. The third-order valence-electron chi connectivity index (χ3n) is 2.67.